The number of nitrogens with zero attached hydrogens (tertiary/aromatic N) is 2. The number of hydrogen-bond donors (Lipinski definition) is 0. The molecule has 1 heterocycles. The molecule has 0 saturated heterocycles. The van der Waals surface area contributed by atoms with Crippen LogP contribution in [0.3, 0.4) is 0 Å². The number of aldehydes is 1. The van der Waals surface area contributed by atoms with Crippen molar-refractivity contribution in [3.63, 3.8) is 0 Å². The second-order valence-electron chi connectivity index (χ2n) is 4.16. The van der Waals surface area contributed by atoms with Crippen molar-refractivity contribution in [2.75, 3.05) is 0 Å². The van der Waals surface area contributed by atoms with Crippen LogP contribution in [0, 0.1) is 20.8 Å². The van der Waals surface area contributed by atoms with Gasteiger partial charge in [0.25, 0.3) is 0 Å². The third kappa shape index (κ3) is 2.23. The van der Waals surface area contributed by atoms with Crippen LogP contribution in [0.5, 0.6) is 0 Å². The van der Waals surface area contributed by atoms with Crippen LogP contribution in [0.4, 0.5) is 0 Å². The van der Waals surface area contributed by atoms with Crippen LogP contribution < -0.4 is 0 Å². The number of benzene rings is 1. The minimum atomic E-state index is 0.711. The van der Waals surface area contributed by atoms with Gasteiger partial charge in [-0.25, -0.2) is 9.97 Å². The number of carbonyl (C=O) groups excluding carboxylic acids is 1. The first-order valence-corrected chi connectivity index (χ1v) is 5.48. The van der Waals surface area contributed by atoms with Crippen LogP contribution in [0.1, 0.15) is 27.2 Å². The summed E-state index contributed by atoms with van der Waals surface area (Å²) in [5.74, 6) is 0.711. The fourth-order valence-corrected chi connectivity index (χ4v) is 1.79. The highest BCUT2D eigenvalue weighted by atomic mass is 16.1. The lowest BCUT2D eigenvalue weighted by Crippen LogP contribution is -1.96. The quantitative estimate of drug-likeness (QED) is 0.739. The number of carbonyl (C=O) groups is 1. The Bertz CT molecular complexity index is 576. The minimum absolute atomic E-state index is 0.711. The summed E-state index contributed by atoms with van der Waals surface area (Å²) in [4.78, 5) is 19.5. The summed E-state index contributed by atoms with van der Waals surface area (Å²) in [5, 5.41) is 0. The van der Waals surface area contributed by atoms with E-state index in [1.807, 2.05) is 39.0 Å². The zero-order valence-electron chi connectivity index (χ0n) is 10.2. The van der Waals surface area contributed by atoms with E-state index in [4.69, 9.17) is 0 Å². The summed E-state index contributed by atoms with van der Waals surface area (Å²) >= 11 is 0. The Labute approximate surface area is 101 Å². The van der Waals surface area contributed by atoms with Gasteiger partial charge < -0.3 is 0 Å². The largest absolute Gasteiger partial charge is 0.298 e. The first-order chi connectivity index (χ1) is 8.11. The highest BCUT2D eigenvalue weighted by Gasteiger charge is 2.08. The van der Waals surface area contributed by atoms with E-state index in [2.05, 4.69) is 9.97 Å². The van der Waals surface area contributed by atoms with Crippen molar-refractivity contribution >= 4 is 6.29 Å². The van der Waals surface area contributed by atoms with E-state index in [0.29, 0.717) is 5.82 Å². The van der Waals surface area contributed by atoms with E-state index < -0.39 is 0 Å². The van der Waals surface area contributed by atoms with E-state index in [1.165, 1.54) is 0 Å². The average Bonchev–Trinajstić information content (AvgIpc) is 2.31. The smallest absolute Gasteiger partial charge is 0.159 e. The monoisotopic (exact) mass is 226 g/mol. The summed E-state index contributed by atoms with van der Waals surface area (Å²) in [6.45, 7) is 5.82. The molecule has 0 aliphatic heterocycles. The molecule has 1 aromatic heterocycles. The Balaban J connectivity index is 2.60. The van der Waals surface area contributed by atoms with Crippen LogP contribution in [-0.4, -0.2) is 16.3 Å². The van der Waals surface area contributed by atoms with E-state index in [1.54, 1.807) is 6.20 Å². The van der Waals surface area contributed by atoms with Gasteiger partial charge in [-0.05, 0) is 50.1 Å². The van der Waals surface area contributed by atoms with E-state index in [-0.39, 0.29) is 0 Å². The molecule has 0 N–H and O–H groups in total. The lowest BCUT2D eigenvalue weighted by molar-refractivity contribution is 0.112. The van der Waals surface area contributed by atoms with Crippen LogP contribution in [0.2, 0.25) is 0 Å². The summed E-state index contributed by atoms with van der Waals surface area (Å²) in [6.07, 6.45) is 2.63. The molecule has 3 heteroatoms. The Morgan fingerprint density at radius 1 is 1.12 bits per heavy atom. The van der Waals surface area contributed by atoms with Crippen molar-refractivity contribution in [2.45, 2.75) is 20.8 Å². The van der Waals surface area contributed by atoms with Gasteiger partial charge in [0.2, 0.25) is 0 Å². The van der Waals surface area contributed by atoms with Gasteiger partial charge in [0.05, 0.1) is 0 Å². The Morgan fingerprint density at radius 3 is 2.53 bits per heavy atom. The van der Waals surface area contributed by atoms with Gasteiger partial charge in [0.1, 0.15) is 6.29 Å². The van der Waals surface area contributed by atoms with Crippen molar-refractivity contribution in [1.82, 2.24) is 9.97 Å². The molecule has 0 radical (unpaired) electrons. The molecule has 0 fully saturated rings. The molecule has 3 nitrogen and oxygen atoms in total. The molecule has 0 unspecified atom stereocenters. The van der Waals surface area contributed by atoms with Crippen LogP contribution in [0.15, 0.2) is 24.4 Å². The number of aromatic nitrogens is 2. The van der Waals surface area contributed by atoms with E-state index in [0.717, 1.165) is 34.2 Å². The molecule has 17 heavy (non-hydrogen) atoms. The highest BCUT2D eigenvalue weighted by molar-refractivity contribution is 5.80. The molecule has 0 saturated carbocycles. The third-order valence-corrected chi connectivity index (χ3v) is 2.78. The second kappa shape index (κ2) is 4.45. The zero-order valence-corrected chi connectivity index (χ0v) is 10.2. The van der Waals surface area contributed by atoms with Crippen LogP contribution in [0.25, 0.3) is 11.4 Å². The number of hydrogen-bond acceptors (Lipinski definition) is 3. The molecule has 0 atom stereocenters. The number of rotatable bonds is 2. The Kier molecular flexibility index (Phi) is 3.00. The van der Waals surface area contributed by atoms with E-state index in [9.17, 15) is 4.79 Å². The van der Waals surface area contributed by atoms with Crippen molar-refractivity contribution < 1.29 is 4.79 Å². The SMILES string of the molecule is Cc1ccnc(-c2cc(C)c(C=O)cc2C)n1. The first kappa shape index (κ1) is 11.5. The van der Waals surface area contributed by atoms with Crippen molar-refractivity contribution in [2.24, 2.45) is 0 Å². The fraction of sp³-hybridized carbons (Fsp3) is 0.214. The third-order valence-electron chi connectivity index (χ3n) is 2.78. The van der Waals surface area contributed by atoms with Gasteiger partial charge >= 0.3 is 0 Å². The van der Waals surface area contributed by atoms with Gasteiger partial charge in [-0.2, -0.15) is 0 Å². The van der Waals surface area contributed by atoms with Gasteiger partial charge in [0.15, 0.2) is 5.82 Å². The maximum Gasteiger partial charge on any atom is 0.159 e. The molecule has 1 aromatic carbocycles. The van der Waals surface area contributed by atoms with E-state index >= 15 is 0 Å². The van der Waals surface area contributed by atoms with Crippen molar-refractivity contribution in [3.05, 3.63) is 46.8 Å². The Hall–Kier alpha value is -2.03. The molecule has 2 aromatic rings. The first-order valence-electron chi connectivity index (χ1n) is 5.48. The minimum Gasteiger partial charge on any atom is -0.298 e. The topological polar surface area (TPSA) is 42.9 Å². The molecule has 0 aliphatic carbocycles. The predicted octanol–water partition coefficient (Wildman–Crippen LogP) is 2.88. The summed E-state index contributed by atoms with van der Waals surface area (Å²) in [7, 11) is 0. The van der Waals surface area contributed by atoms with Crippen LogP contribution >= 0.6 is 0 Å². The maximum atomic E-state index is 10.9. The average molecular weight is 226 g/mol. The fourth-order valence-electron chi connectivity index (χ4n) is 1.79. The summed E-state index contributed by atoms with van der Waals surface area (Å²) < 4.78 is 0. The summed E-state index contributed by atoms with van der Waals surface area (Å²) in [5.41, 5.74) is 4.61. The zero-order chi connectivity index (χ0) is 12.4. The van der Waals surface area contributed by atoms with Crippen molar-refractivity contribution in [1.29, 1.82) is 0 Å². The molecule has 2 rings (SSSR count). The Morgan fingerprint density at radius 2 is 1.88 bits per heavy atom. The summed E-state index contributed by atoms with van der Waals surface area (Å²) in [6, 6.07) is 5.71. The second-order valence-corrected chi connectivity index (χ2v) is 4.16. The lowest BCUT2D eigenvalue weighted by Gasteiger charge is -2.08. The number of aryl methyl sites for hydroxylation is 3. The lowest BCUT2D eigenvalue weighted by atomic mass is 10.00. The maximum absolute atomic E-state index is 10.9. The standard InChI is InChI=1S/C14H14N2O/c1-9-7-13(10(2)6-12(9)8-17)14-15-5-4-11(3)16-14/h4-8H,1-3H3. The molecular weight excluding hydrogens is 212 g/mol. The van der Waals surface area contributed by atoms with Gasteiger partial charge in [0, 0.05) is 23.0 Å². The van der Waals surface area contributed by atoms with Crippen LogP contribution in [-0.2, 0) is 0 Å². The van der Waals surface area contributed by atoms with Gasteiger partial charge in [-0.15, -0.1) is 0 Å². The molecule has 86 valence electrons. The molecule has 0 aliphatic rings. The molecule has 0 amide bonds. The molecular formula is C14H14N2O. The normalized spacial score (nSPS) is 10.3. The highest BCUT2D eigenvalue weighted by Crippen LogP contribution is 2.23. The predicted molar refractivity (Wildman–Crippen MR) is 67.1 cm³/mol. The molecule has 0 bridgehead atoms. The molecule has 0 spiro atoms. The van der Waals surface area contributed by atoms with Crippen molar-refractivity contribution in [3.8, 4) is 11.4 Å². The van der Waals surface area contributed by atoms with Gasteiger partial charge in [-0.1, -0.05) is 0 Å². The van der Waals surface area contributed by atoms with Gasteiger partial charge in [-0.3, -0.25) is 4.79 Å².